The van der Waals surface area contributed by atoms with Gasteiger partial charge in [-0.1, -0.05) is 25.1 Å². The van der Waals surface area contributed by atoms with E-state index in [2.05, 4.69) is 53.4 Å². The van der Waals surface area contributed by atoms with Gasteiger partial charge >= 0.3 is 0 Å². The molecule has 3 heteroatoms. The third-order valence-corrected chi connectivity index (χ3v) is 3.85. The van der Waals surface area contributed by atoms with E-state index in [9.17, 15) is 0 Å². The molecule has 0 radical (unpaired) electrons. The van der Waals surface area contributed by atoms with Gasteiger partial charge in [0.2, 0.25) is 0 Å². The van der Waals surface area contributed by atoms with E-state index in [0.717, 1.165) is 19.5 Å². The first-order valence-electron chi connectivity index (χ1n) is 6.36. The molecule has 17 heavy (non-hydrogen) atoms. The predicted molar refractivity (Wildman–Crippen MR) is 71.8 cm³/mol. The molecule has 90 valence electrons. The molecule has 2 aliphatic rings. The molecule has 1 aromatic rings. The molecular weight excluding hydrogens is 210 g/mol. The van der Waals surface area contributed by atoms with Gasteiger partial charge in [0.25, 0.3) is 0 Å². The van der Waals surface area contributed by atoms with Crippen LogP contribution in [-0.4, -0.2) is 32.0 Å². The highest BCUT2D eigenvalue weighted by molar-refractivity contribution is 5.92. The average Bonchev–Trinajstić information content (AvgIpc) is 2.83. The van der Waals surface area contributed by atoms with Gasteiger partial charge < -0.3 is 10.2 Å². The Morgan fingerprint density at radius 1 is 1.35 bits per heavy atom. The first-order valence-corrected chi connectivity index (χ1v) is 6.36. The largest absolute Gasteiger partial charge is 0.370 e. The number of para-hydroxylation sites is 1. The van der Waals surface area contributed by atoms with Crippen LogP contribution >= 0.6 is 0 Å². The van der Waals surface area contributed by atoms with Crippen molar-refractivity contribution in [2.24, 2.45) is 10.9 Å². The van der Waals surface area contributed by atoms with Crippen molar-refractivity contribution in [3.8, 4) is 0 Å². The Bertz CT molecular complexity index is 453. The number of hydrogen-bond acceptors (Lipinski definition) is 3. The normalized spacial score (nSPS) is 27.4. The fraction of sp³-hybridized carbons (Fsp3) is 0.500. The third-order valence-electron chi connectivity index (χ3n) is 3.85. The standard InChI is InChI=1S/C14H19N3/c1-10-9-11-5-3-4-6-12(11)17(2)13(10)14-15-7-8-16-14/h3-6,10,13H,7-9H2,1-2H3,(H,15,16)/t10-,13+/m1/s1. The van der Waals surface area contributed by atoms with E-state index in [1.165, 1.54) is 17.1 Å². The number of nitrogens with one attached hydrogen (secondary N) is 1. The second kappa shape index (κ2) is 4.06. The molecule has 2 aliphatic heterocycles. The number of amidine groups is 1. The number of benzene rings is 1. The van der Waals surface area contributed by atoms with Crippen LogP contribution in [0.1, 0.15) is 12.5 Å². The summed E-state index contributed by atoms with van der Waals surface area (Å²) in [4.78, 5) is 6.97. The Balaban J connectivity index is 1.97. The van der Waals surface area contributed by atoms with Gasteiger partial charge in [-0.2, -0.15) is 0 Å². The van der Waals surface area contributed by atoms with E-state index in [1.54, 1.807) is 0 Å². The van der Waals surface area contributed by atoms with Gasteiger partial charge in [-0.3, -0.25) is 4.99 Å². The Kier molecular flexibility index (Phi) is 2.54. The molecule has 2 atom stereocenters. The van der Waals surface area contributed by atoms with Gasteiger partial charge in [-0.25, -0.2) is 0 Å². The van der Waals surface area contributed by atoms with Gasteiger partial charge in [-0.15, -0.1) is 0 Å². The number of hydrogen-bond donors (Lipinski definition) is 1. The maximum absolute atomic E-state index is 4.60. The van der Waals surface area contributed by atoms with Gasteiger partial charge in [0, 0.05) is 19.3 Å². The Labute approximate surface area is 103 Å². The molecular formula is C14H19N3. The first-order chi connectivity index (χ1) is 8.27. The summed E-state index contributed by atoms with van der Waals surface area (Å²) < 4.78 is 0. The van der Waals surface area contributed by atoms with Crippen LogP contribution < -0.4 is 10.2 Å². The Hall–Kier alpha value is -1.51. The Morgan fingerprint density at radius 2 is 2.18 bits per heavy atom. The van der Waals surface area contributed by atoms with E-state index < -0.39 is 0 Å². The highest BCUT2D eigenvalue weighted by Crippen LogP contribution is 2.32. The van der Waals surface area contributed by atoms with E-state index in [4.69, 9.17) is 0 Å². The van der Waals surface area contributed by atoms with Crippen LogP contribution in [0, 0.1) is 5.92 Å². The number of rotatable bonds is 1. The first kappa shape index (κ1) is 10.6. The number of nitrogens with zero attached hydrogens (tertiary/aromatic N) is 2. The van der Waals surface area contributed by atoms with Crippen LogP contribution in [0.25, 0.3) is 0 Å². The van der Waals surface area contributed by atoms with Gasteiger partial charge in [0.1, 0.15) is 5.84 Å². The highest BCUT2D eigenvalue weighted by Gasteiger charge is 2.33. The molecule has 0 amide bonds. The lowest BCUT2D eigenvalue weighted by Gasteiger charge is -2.40. The molecule has 3 rings (SSSR count). The van der Waals surface area contributed by atoms with Crippen molar-refractivity contribution in [3.63, 3.8) is 0 Å². The van der Waals surface area contributed by atoms with E-state index in [-0.39, 0.29) is 0 Å². The lowest BCUT2D eigenvalue weighted by Crippen LogP contribution is -2.50. The van der Waals surface area contributed by atoms with E-state index in [1.807, 2.05) is 0 Å². The highest BCUT2D eigenvalue weighted by atomic mass is 15.2. The van der Waals surface area contributed by atoms with Crippen molar-refractivity contribution >= 4 is 11.5 Å². The topological polar surface area (TPSA) is 27.6 Å². The summed E-state index contributed by atoms with van der Waals surface area (Å²) in [6.45, 7) is 4.24. The van der Waals surface area contributed by atoms with Crippen LogP contribution in [0.2, 0.25) is 0 Å². The quantitative estimate of drug-likeness (QED) is 0.793. The van der Waals surface area contributed by atoms with Crippen molar-refractivity contribution in [2.45, 2.75) is 19.4 Å². The van der Waals surface area contributed by atoms with Gasteiger partial charge in [0.05, 0.1) is 12.6 Å². The van der Waals surface area contributed by atoms with Crippen LogP contribution in [0.5, 0.6) is 0 Å². The summed E-state index contributed by atoms with van der Waals surface area (Å²) >= 11 is 0. The number of likely N-dealkylation sites (N-methyl/N-ethyl adjacent to an activating group) is 1. The van der Waals surface area contributed by atoms with Gasteiger partial charge in [0.15, 0.2) is 0 Å². The minimum Gasteiger partial charge on any atom is -0.370 e. The monoisotopic (exact) mass is 229 g/mol. The zero-order chi connectivity index (χ0) is 11.8. The lowest BCUT2D eigenvalue weighted by molar-refractivity contribution is 0.490. The molecule has 0 fully saturated rings. The molecule has 0 bridgehead atoms. The zero-order valence-electron chi connectivity index (χ0n) is 10.5. The van der Waals surface area contributed by atoms with Crippen LogP contribution in [-0.2, 0) is 6.42 Å². The summed E-state index contributed by atoms with van der Waals surface area (Å²) in [6, 6.07) is 9.11. The molecule has 0 aromatic heterocycles. The van der Waals surface area contributed by atoms with Gasteiger partial charge in [-0.05, 0) is 24.0 Å². The number of anilines is 1. The predicted octanol–water partition coefficient (Wildman–Crippen LogP) is 1.69. The molecule has 0 spiro atoms. The summed E-state index contributed by atoms with van der Waals surface area (Å²) in [5.74, 6) is 1.79. The molecule has 1 aromatic carbocycles. The molecule has 0 saturated carbocycles. The van der Waals surface area contributed by atoms with Crippen molar-refractivity contribution in [1.82, 2.24) is 5.32 Å². The second-order valence-electron chi connectivity index (χ2n) is 5.06. The lowest BCUT2D eigenvalue weighted by atomic mass is 9.86. The summed E-state index contributed by atoms with van der Waals surface area (Å²) in [7, 11) is 2.18. The average molecular weight is 229 g/mol. The summed E-state index contributed by atoms with van der Waals surface area (Å²) in [5.41, 5.74) is 2.81. The van der Waals surface area contributed by atoms with E-state index in [0.29, 0.717) is 12.0 Å². The molecule has 0 unspecified atom stereocenters. The van der Waals surface area contributed by atoms with Crippen LogP contribution in [0.15, 0.2) is 29.3 Å². The molecule has 0 saturated heterocycles. The summed E-state index contributed by atoms with van der Waals surface area (Å²) in [6.07, 6.45) is 1.14. The maximum Gasteiger partial charge on any atom is 0.120 e. The minimum atomic E-state index is 0.410. The second-order valence-corrected chi connectivity index (χ2v) is 5.06. The number of aliphatic imine (C=N–C) groups is 1. The maximum atomic E-state index is 4.60. The summed E-state index contributed by atoms with van der Waals surface area (Å²) in [5, 5.41) is 3.43. The molecule has 3 nitrogen and oxygen atoms in total. The third kappa shape index (κ3) is 1.70. The molecule has 2 heterocycles. The fourth-order valence-corrected chi connectivity index (χ4v) is 3.08. The number of fused-ring (bicyclic) bond motifs is 1. The zero-order valence-corrected chi connectivity index (χ0v) is 10.5. The van der Waals surface area contributed by atoms with Crippen molar-refractivity contribution in [2.75, 3.05) is 25.0 Å². The Morgan fingerprint density at radius 3 is 2.94 bits per heavy atom. The van der Waals surface area contributed by atoms with Crippen molar-refractivity contribution in [3.05, 3.63) is 29.8 Å². The van der Waals surface area contributed by atoms with Crippen LogP contribution in [0.4, 0.5) is 5.69 Å². The minimum absolute atomic E-state index is 0.410. The molecule has 0 aliphatic carbocycles. The van der Waals surface area contributed by atoms with Crippen molar-refractivity contribution < 1.29 is 0 Å². The molecule has 1 N–H and O–H groups in total. The smallest absolute Gasteiger partial charge is 0.120 e. The fourth-order valence-electron chi connectivity index (χ4n) is 3.08. The SMILES string of the molecule is C[C@@H]1Cc2ccccc2N(C)[C@@H]1C1=NCCN1. The van der Waals surface area contributed by atoms with Crippen molar-refractivity contribution in [1.29, 1.82) is 0 Å². The van der Waals surface area contributed by atoms with E-state index >= 15 is 0 Å². The van der Waals surface area contributed by atoms with Crippen LogP contribution in [0.3, 0.4) is 0 Å².